The molecule has 2 atom stereocenters. The lowest BCUT2D eigenvalue weighted by Crippen LogP contribution is -2.38. The van der Waals surface area contributed by atoms with Crippen molar-refractivity contribution in [1.82, 2.24) is 19.8 Å². The molecule has 0 aliphatic carbocycles. The molecule has 3 heterocycles. The minimum absolute atomic E-state index is 0.286. The van der Waals surface area contributed by atoms with Crippen molar-refractivity contribution in [2.24, 2.45) is 5.92 Å². The molecule has 1 aliphatic heterocycles. The SMILES string of the molecule is CCC(CC)C1CC(Nc2ccc3nnc(-c4ccccc4F)n3n2)CCO1. The summed E-state index contributed by atoms with van der Waals surface area (Å²) in [6.07, 6.45) is 4.46. The van der Waals surface area contributed by atoms with Gasteiger partial charge in [-0.15, -0.1) is 15.3 Å². The standard InChI is InChI=1S/C21H26FN5O/c1-3-14(4-2)18-13-15(11-12-28-18)23-19-9-10-20-24-25-21(27(20)26-19)16-7-5-6-8-17(16)22/h5-10,14-15,18H,3-4,11-13H2,1-2H3,(H,23,26). The molecule has 0 radical (unpaired) electrons. The monoisotopic (exact) mass is 383 g/mol. The highest BCUT2D eigenvalue weighted by Crippen LogP contribution is 2.27. The average Bonchev–Trinajstić information content (AvgIpc) is 3.13. The molecule has 1 fully saturated rings. The number of hydrogen-bond donors (Lipinski definition) is 1. The van der Waals surface area contributed by atoms with Gasteiger partial charge in [0.25, 0.3) is 0 Å². The van der Waals surface area contributed by atoms with Gasteiger partial charge in [-0.25, -0.2) is 4.39 Å². The molecule has 4 rings (SSSR count). The summed E-state index contributed by atoms with van der Waals surface area (Å²) in [5.41, 5.74) is 0.977. The topological polar surface area (TPSA) is 64.3 Å². The van der Waals surface area contributed by atoms with Crippen molar-refractivity contribution in [1.29, 1.82) is 0 Å². The number of ether oxygens (including phenoxy) is 1. The molecule has 7 heteroatoms. The summed E-state index contributed by atoms with van der Waals surface area (Å²) in [5.74, 6) is 1.39. The number of fused-ring (bicyclic) bond motifs is 1. The molecule has 3 aromatic rings. The van der Waals surface area contributed by atoms with Crippen molar-refractivity contribution >= 4 is 11.5 Å². The van der Waals surface area contributed by atoms with Crippen LogP contribution in [0.25, 0.3) is 17.0 Å². The van der Waals surface area contributed by atoms with Gasteiger partial charge >= 0.3 is 0 Å². The zero-order valence-corrected chi connectivity index (χ0v) is 16.3. The maximum absolute atomic E-state index is 14.2. The van der Waals surface area contributed by atoms with E-state index in [1.165, 1.54) is 6.07 Å². The van der Waals surface area contributed by atoms with Crippen LogP contribution in [0.1, 0.15) is 39.5 Å². The van der Waals surface area contributed by atoms with Gasteiger partial charge in [-0.2, -0.15) is 4.52 Å². The largest absolute Gasteiger partial charge is 0.378 e. The second-order valence-electron chi connectivity index (χ2n) is 7.34. The molecule has 0 spiro atoms. The van der Waals surface area contributed by atoms with Crippen LogP contribution in [0.4, 0.5) is 10.2 Å². The Balaban J connectivity index is 1.57. The minimum Gasteiger partial charge on any atom is -0.378 e. The highest BCUT2D eigenvalue weighted by Gasteiger charge is 2.27. The molecular formula is C21H26FN5O. The Morgan fingerprint density at radius 1 is 1.18 bits per heavy atom. The lowest BCUT2D eigenvalue weighted by molar-refractivity contribution is -0.0271. The van der Waals surface area contributed by atoms with Crippen molar-refractivity contribution in [3.05, 3.63) is 42.2 Å². The van der Waals surface area contributed by atoms with Gasteiger partial charge < -0.3 is 10.1 Å². The maximum Gasteiger partial charge on any atom is 0.188 e. The van der Waals surface area contributed by atoms with E-state index in [0.29, 0.717) is 29.0 Å². The van der Waals surface area contributed by atoms with Gasteiger partial charge in [-0.05, 0) is 43.0 Å². The van der Waals surface area contributed by atoms with Gasteiger partial charge in [0.2, 0.25) is 0 Å². The molecule has 1 aliphatic rings. The smallest absolute Gasteiger partial charge is 0.188 e. The van der Waals surface area contributed by atoms with E-state index in [1.807, 2.05) is 12.1 Å². The molecule has 1 saturated heterocycles. The van der Waals surface area contributed by atoms with E-state index in [1.54, 1.807) is 22.7 Å². The zero-order chi connectivity index (χ0) is 19.5. The van der Waals surface area contributed by atoms with Crippen molar-refractivity contribution in [3.8, 4) is 11.4 Å². The Labute approximate surface area is 164 Å². The number of rotatable bonds is 6. The quantitative estimate of drug-likeness (QED) is 0.686. The third-order valence-corrected chi connectivity index (χ3v) is 5.62. The van der Waals surface area contributed by atoms with Gasteiger partial charge in [0.1, 0.15) is 11.6 Å². The molecule has 2 unspecified atom stereocenters. The summed E-state index contributed by atoms with van der Waals surface area (Å²) < 4.78 is 21.8. The fourth-order valence-corrected chi connectivity index (χ4v) is 3.99. The van der Waals surface area contributed by atoms with Crippen molar-refractivity contribution < 1.29 is 9.13 Å². The average molecular weight is 383 g/mol. The van der Waals surface area contributed by atoms with E-state index in [0.717, 1.165) is 38.1 Å². The van der Waals surface area contributed by atoms with Crippen LogP contribution in [0.5, 0.6) is 0 Å². The summed E-state index contributed by atoms with van der Waals surface area (Å²) >= 11 is 0. The lowest BCUT2D eigenvalue weighted by Gasteiger charge is -2.34. The Morgan fingerprint density at radius 2 is 2.00 bits per heavy atom. The third-order valence-electron chi connectivity index (χ3n) is 5.62. The number of aromatic nitrogens is 4. The molecule has 2 aromatic heterocycles. The third kappa shape index (κ3) is 3.71. The van der Waals surface area contributed by atoms with Crippen LogP contribution in [0.15, 0.2) is 36.4 Å². The number of anilines is 1. The minimum atomic E-state index is -0.339. The molecular weight excluding hydrogens is 357 g/mol. The first-order valence-electron chi connectivity index (χ1n) is 10.0. The molecule has 1 aromatic carbocycles. The predicted molar refractivity (Wildman–Crippen MR) is 107 cm³/mol. The van der Waals surface area contributed by atoms with E-state index in [9.17, 15) is 4.39 Å². The summed E-state index contributed by atoms with van der Waals surface area (Å²) in [5, 5.41) is 16.4. The summed E-state index contributed by atoms with van der Waals surface area (Å²) in [6, 6.07) is 10.6. The zero-order valence-electron chi connectivity index (χ0n) is 16.3. The second kappa shape index (κ2) is 8.22. The Hall–Kier alpha value is -2.54. The van der Waals surface area contributed by atoms with E-state index >= 15 is 0 Å². The normalized spacial score (nSPS) is 20.0. The predicted octanol–water partition coefficient (Wildman–Crippen LogP) is 4.33. The van der Waals surface area contributed by atoms with Crippen molar-refractivity contribution in [2.75, 3.05) is 11.9 Å². The number of nitrogens with one attached hydrogen (secondary N) is 1. The summed E-state index contributed by atoms with van der Waals surface area (Å²) in [7, 11) is 0. The molecule has 0 amide bonds. The fourth-order valence-electron chi connectivity index (χ4n) is 3.99. The number of hydrogen-bond acceptors (Lipinski definition) is 5. The Bertz CT molecular complexity index is 939. The summed E-state index contributed by atoms with van der Waals surface area (Å²) in [6.45, 7) is 5.20. The van der Waals surface area contributed by atoms with E-state index in [4.69, 9.17) is 4.74 Å². The maximum atomic E-state index is 14.2. The highest BCUT2D eigenvalue weighted by atomic mass is 19.1. The van der Waals surface area contributed by atoms with Crippen LogP contribution < -0.4 is 5.32 Å². The first-order valence-corrected chi connectivity index (χ1v) is 10.0. The van der Waals surface area contributed by atoms with Crippen LogP contribution >= 0.6 is 0 Å². The lowest BCUT2D eigenvalue weighted by atomic mass is 9.89. The first kappa shape index (κ1) is 18.8. The van der Waals surface area contributed by atoms with Crippen molar-refractivity contribution in [2.45, 2.75) is 51.7 Å². The van der Waals surface area contributed by atoms with Gasteiger partial charge in [0, 0.05) is 12.6 Å². The van der Waals surface area contributed by atoms with Gasteiger partial charge in [0.15, 0.2) is 11.5 Å². The summed E-state index contributed by atoms with van der Waals surface area (Å²) in [4.78, 5) is 0. The molecule has 6 nitrogen and oxygen atoms in total. The van der Waals surface area contributed by atoms with Gasteiger partial charge in [-0.3, -0.25) is 0 Å². The van der Waals surface area contributed by atoms with Crippen LogP contribution in [-0.2, 0) is 4.74 Å². The van der Waals surface area contributed by atoms with Crippen LogP contribution in [0.2, 0.25) is 0 Å². The van der Waals surface area contributed by atoms with Crippen molar-refractivity contribution in [3.63, 3.8) is 0 Å². The van der Waals surface area contributed by atoms with Crippen LogP contribution in [-0.4, -0.2) is 38.6 Å². The molecule has 0 saturated carbocycles. The molecule has 148 valence electrons. The van der Waals surface area contributed by atoms with E-state index < -0.39 is 0 Å². The number of benzene rings is 1. The van der Waals surface area contributed by atoms with Crippen LogP contribution in [0, 0.1) is 11.7 Å². The van der Waals surface area contributed by atoms with Gasteiger partial charge in [-0.1, -0.05) is 38.8 Å². The number of halogens is 1. The Kier molecular flexibility index (Phi) is 5.52. The number of nitrogens with zero attached hydrogens (tertiary/aromatic N) is 4. The Morgan fingerprint density at radius 3 is 2.79 bits per heavy atom. The van der Waals surface area contributed by atoms with E-state index in [2.05, 4.69) is 34.5 Å². The fraction of sp³-hybridized carbons (Fsp3) is 0.476. The van der Waals surface area contributed by atoms with Crippen LogP contribution in [0.3, 0.4) is 0 Å². The molecule has 28 heavy (non-hydrogen) atoms. The highest BCUT2D eigenvalue weighted by molar-refractivity contribution is 5.60. The second-order valence-corrected chi connectivity index (χ2v) is 7.34. The van der Waals surface area contributed by atoms with Gasteiger partial charge in [0.05, 0.1) is 11.7 Å². The molecule has 0 bridgehead atoms. The first-order chi connectivity index (χ1) is 13.7. The molecule has 1 N–H and O–H groups in total. The van der Waals surface area contributed by atoms with E-state index in [-0.39, 0.29) is 11.9 Å².